The third kappa shape index (κ3) is 3.17. The van der Waals surface area contributed by atoms with Crippen LogP contribution in [0.1, 0.15) is 50.3 Å². The molecule has 1 N–H and O–H groups in total. The number of hydrogen-bond acceptors (Lipinski definition) is 2. The van der Waals surface area contributed by atoms with Crippen LogP contribution in [0.2, 0.25) is 0 Å². The summed E-state index contributed by atoms with van der Waals surface area (Å²) in [5, 5.41) is 3.65. The van der Waals surface area contributed by atoms with Gasteiger partial charge in [-0.3, -0.25) is 0 Å². The number of ether oxygens (including phenoxy) is 1. The molecule has 1 aliphatic carbocycles. The van der Waals surface area contributed by atoms with E-state index in [1.807, 2.05) is 0 Å². The maximum atomic E-state index is 5.93. The standard InChI is InChI=1S/C19H29NO/c1-14(2)20-13-19(9-10-21-15(19)3)12-16-7-8-17-5-4-6-18(17)11-16/h7-8,11,14-15,20H,4-6,9-10,12-13H2,1-3H3. The van der Waals surface area contributed by atoms with Crippen LogP contribution < -0.4 is 5.32 Å². The van der Waals surface area contributed by atoms with E-state index < -0.39 is 0 Å². The molecule has 0 aromatic heterocycles. The van der Waals surface area contributed by atoms with E-state index in [0.717, 1.165) is 19.6 Å². The molecule has 116 valence electrons. The van der Waals surface area contributed by atoms with Gasteiger partial charge in [-0.2, -0.15) is 0 Å². The van der Waals surface area contributed by atoms with Gasteiger partial charge in [-0.1, -0.05) is 32.0 Å². The van der Waals surface area contributed by atoms with Crippen LogP contribution in [0.3, 0.4) is 0 Å². The van der Waals surface area contributed by atoms with E-state index in [1.165, 1.54) is 31.2 Å². The fourth-order valence-corrected chi connectivity index (χ4v) is 3.89. The minimum absolute atomic E-state index is 0.261. The highest BCUT2D eigenvalue weighted by atomic mass is 16.5. The molecule has 1 aromatic carbocycles. The Hall–Kier alpha value is -0.860. The Balaban J connectivity index is 1.78. The van der Waals surface area contributed by atoms with Gasteiger partial charge in [0.1, 0.15) is 0 Å². The fourth-order valence-electron chi connectivity index (χ4n) is 3.89. The summed E-state index contributed by atoms with van der Waals surface area (Å²) in [4.78, 5) is 0. The van der Waals surface area contributed by atoms with Gasteiger partial charge >= 0.3 is 0 Å². The molecule has 2 atom stereocenters. The minimum Gasteiger partial charge on any atom is -0.378 e. The number of rotatable bonds is 5. The Kier molecular flexibility index (Phi) is 4.37. The summed E-state index contributed by atoms with van der Waals surface area (Å²) in [7, 11) is 0. The van der Waals surface area contributed by atoms with Gasteiger partial charge in [0.25, 0.3) is 0 Å². The highest BCUT2D eigenvalue weighted by molar-refractivity contribution is 5.36. The summed E-state index contributed by atoms with van der Waals surface area (Å²) < 4.78 is 5.93. The molecular weight excluding hydrogens is 258 g/mol. The quantitative estimate of drug-likeness (QED) is 0.895. The lowest BCUT2D eigenvalue weighted by molar-refractivity contribution is 0.0620. The third-order valence-electron chi connectivity index (χ3n) is 5.41. The van der Waals surface area contributed by atoms with Crippen LogP contribution in [-0.2, 0) is 24.0 Å². The Morgan fingerprint density at radius 3 is 2.81 bits per heavy atom. The van der Waals surface area contributed by atoms with Crippen LogP contribution in [-0.4, -0.2) is 25.3 Å². The summed E-state index contributed by atoms with van der Waals surface area (Å²) in [6.45, 7) is 8.67. The SMILES string of the molecule is CC(C)NCC1(Cc2ccc3c(c2)CCC3)CCOC1C. The topological polar surface area (TPSA) is 21.3 Å². The largest absolute Gasteiger partial charge is 0.378 e. The van der Waals surface area contributed by atoms with Crippen LogP contribution in [0.15, 0.2) is 18.2 Å². The zero-order valence-electron chi connectivity index (χ0n) is 13.7. The van der Waals surface area contributed by atoms with E-state index in [1.54, 1.807) is 11.1 Å². The van der Waals surface area contributed by atoms with Crippen molar-refractivity contribution in [3.8, 4) is 0 Å². The molecule has 3 rings (SSSR count). The molecule has 21 heavy (non-hydrogen) atoms. The molecule has 1 fully saturated rings. The second-order valence-electron chi connectivity index (χ2n) is 7.29. The molecule has 1 saturated heterocycles. The first-order valence-electron chi connectivity index (χ1n) is 8.55. The van der Waals surface area contributed by atoms with Crippen molar-refractivity contribution < 1.29 is 4.74 Å². The van der Waals surface area contributed by atoms with Gasteiger partial charge in [0.05, 0.1) is 6.10 Å². The van der Waals surface area contributed by atoms with Gasteiger partial charge in [0.2, 0.25) is 0 Å². The van der Waals surface area contributed by atoms with Crippen molar-refractivity contribution in [2.24, 2.45) is 5.41 Å². The number of benzene rings is 1. The summed E-state index contributed by atoms with van der Waals surface area (Å²) in [6.07, 6.45) is 6.53. The Morgan fingerprint density at radius 2 is 2.10 bits per heavy atom. The molecule has 0 amide bonds. The van der Waals surface area contributed by atoms with Crippen LogP contribution in [0.25, 0.3) is 0 Å². The lowest BCUT2D eigenvalue weighted by Gasteiger charge is -2.34. The lowest BCUT2D eigenvalue weighted by atomic mass is 9.75. The fraction of sp³-hybridized carbons (Fsp3) is 0.684. The van der Waals surface area contributed by atoms with Gasteiger partial charge < -0.3 is 10.1 Å². The molecule has 2 heteroatoms. The maximum absolute atomic E-state index is 5.93. The van der Waals surface area contributed by atoms with Gasteiger partial charge in [0.15, 0.2) is 0 Å². The van der Waals surface area contributed by atoms with E-state index in [-0.39, 0.29) is 5.41 Å². The van der Waals surface area contributed by atoms with Crippen LogP contribution in [0.4, 0.5) is 0 Å². The monoisotopic (exact) mass is 287 g/mol. The van der Waals surface area contributed by atoms with Crippen molar-refractivity contribution in [2.75, 3.05) is 13.2 Å². The molecule has 0 spiro atoms. The van der Waals surface area contributed by atoms with Crippen molar-refractivity contribution in [1.29, 1.82) is 0 Å². The van der Waals surface area contributed by atoms with Gasteiger partial charge in [-0.15, -0.1) is 0 Å². The molecular formula is C19H29NO. The van der Waals surface area contributed by atoms with Gasteiger partial charge in [-0.05, 0) is 55.7 Å². The number of nitrogens with one attached hydrogen (secondary N) is 1. The van der Waals surface area contributed by atoms with E-state index in [0.29, 0.717) is 12.1 Å². The van der Waals surface area contributed by atoms with Crippen molar-refractivity contribution in [1.82, 2.24) is 5.32 Å². The zero-order chi connectivity index (χ0) is 14.9. The van der Waals surface area contributed by atoms with E-state index >= 15 is 0 Å². The molecule has 1 aliphatic heterocycles. The summed E-state index contributed by atoms with van der Waals surface area (Å²) in [5.41, 5.74) is 4.92. The van der Waals surface area contributed by atoms with E-state index in [9.17, 15) is 0 Å². The Morgan fingerprint density at radius 1 is 1.29 bits per heavy atom. The maximum Gasteiger partial charge on any atom is 0.0619 e. The molecule has 0 bridgehead atoms. The van der Waals surface area contributed by atoms with Crippen molar-refractivity contribution in [2.45, 2.75) is 65.0 Å². The average molecular weight is 287 g/mol. The first kappa shape index (κ1) is 15.1. The summed E-state index contributed by atoms with van der Waals surface area (Å²) in [6, 6.07) is 7.72. The average Bonchev–Trinajstić information content (AvgIpc) is 3.04. The minimum atomic E-state index is 0.261. The van der Waals surface area contributed by atoms with Crippen molar-refractivity contribution in [3.05, 3.63) is 34.9 Å². The molecule has 2 aliphatic rings. The third-order valence-corrected chi connectivity index (χ3v) is 5.41. The second kappa shape index (κ2) is 6.10. The predicted molar refractivity (Wildman–Crippen MR) is 87.8 cm³/mol. The number of aryl methyl sites for hydroxylation is 2. The van der Waals surface area contributed by atoms with E-state index in [2.05, 4.69) is 44.3 Å². The molecule has 1 heterocycles. The highest BCUT2D eigenvalue weighted by Gasteiger charge is 2.41. The van der Waals surface area contributed by atoms with Gasteiger partial charge in [-0.25, -0.2) is 0 Å². The van der Waals surface area contributed by atoms with Crippen LogP contribution >= 0.6 is 0 Å². The lowest BCUT2D eigenvalue weighted by Crippen LogP contribution is -2.43. The molecule has 2 nitrogen and oxygen atoms in total. The highest BCUT2D eigenvalue weighted by Crippen LogP contribution is 2.38. The summed E-state index contributed by atoms with van der Waals surface area (Å²) in [5.74, 6) is 0. The Bertz CT molecular complexity index is 496. The molecule has 1 aromatic rings. The van der Waals surface area contributed by atoms with E-state index in [4.69, 9.17) is 4.74 Å². The number of hydrogen-bond donors (Lipinski definition) is 1. The Labute approximate surface area is 129 Å². The first-order chi connectivity index (χ1) is 10.1. The molecule has 0 saturated carbocycles. The predicted octanol–water partition coefficient (Wildman–Crippen LogP) is 3.51. The first-order valence-corrected chi connectivity index (χ1v) is 8.55. The molecule has 0 radical (unpaired) electrons. The zero-order valence-corrected chi connectivity index (χ0v) is 13.7. The van der Waals surface area contributed by atoms with Crippen LogP contribution in [0, 0.1) is 5.41 Å². The van der Waals surface area contributed by atoms with Crippen molar-refractivity contribution in [3.63, 3.8) is 0 Å². The molecule has 2 unspecified atom stereocenters. The van der Waals surface area contributed by atoms with Gasteiger partial charge in [0, 0.05) is 24.6 Å². The summed E-state index contributed by atoms with van der Waals surface area (Å²) >= 11 is 0. The number of fused-ring (bicyclic) bond motifs is 1. The second-order valence-corrected chi connectivity index (χ2v) is 7.29. The van der Waals surface area contributed by atoms with Crippen LogP contribution in [0.5, 0.6) is 0 Å². The smallest absolute Gasteiger partial charge is 0.0619 e. The normalized spacial score (nSPS) is 28.3. The van der Waals surface area contributed by atoms with Crippen molar-refractivity contribution >= 4 is 0 Å².